The molecule has 2 N–H and O–H groups in total. The first kappa shape index (κ1) is 41.5. The third-order valence-corrected chi connectivity index (χ3v) is 8.48. The first-order chi connectivity index (χ1) is 23.3. The van der Waals surface area contributed by atoms with Gasteiger partial charge in [-0.1, -0.05) is 74.8 Å². The molecule has 1 heterocycles. The van der Waals surface area contributed by atoms with E-state index < -0.39 is 12.1 Å². The second-order valence-electron chi connectivity index (χ2n) is 11.7. The lowest BCUT2D eigenvalue weighted by atomic mass is 9.90. The predicted molar refractivity (Wildman–Crippen MR) is 188 cm³/mol. The lowest BCUT2D eigenvalue weighted by Crippen LogP contribution is -2.39. The van der Waals surface area contributed by atoms with E-state index in [0.717, 1.165) is 44.0 Å². The Hall–Kier alpha value is -3.67. The molecule has 0 radical (unpaired) electrons. The second kappa shape index (κ2) is 22.1. The molecule has 3 aromatic carbocycles. The van der Waals surface area contributed by atoms with Crippen LogP contribution < -0.4 is 5.32 Å². The fourth-order valence-electron chi connectivity index (χ4n) is 5.32. The van der Waals surface area contributed by atoms with Gasteiger partial charge in [-0.15, -0.1) is 0 Å². The van der Waals surface area contributed by atoms with Crippen molar-refractivity contribution in [2.24, 2.45) is 5.92 Å². The van der Waals surface area contributed by atoms with Crippen LogP contribution >= 0.6 is 11.6 Å². The molecule has 0 atom stereocenters. The van der Waals surface area contributed by atoms with Gasteiger partial charge in [0.1, 0.15) is 5.82 Å². The Morgan fingerprint density at radius 1 is 0.878 bits per heavy atom. The Kier molecular flexibility index (Phi) is 18.7. The minimum absolute atomic E-state index is 0.168. The number of hydrogen-bond acceptors (Lipinski definition) is 4. The number of hydrogen-bond donors (Lipinski definition) is 2. The number of benzene rings is 3. The highest BCUT2D eigenvalue weighted by atomic mass is 35.5. The highest BCUT2D eigenvalue weighted by Gasteiger charge is 2.38. The summed E-state index contributed by atoms with van der Waals surface area (Å²) in [6.07, 6.45) is -0.611. The predicted octanol–water partition coefficient (Wildman–Crippen LogP) is 8.84. The summed E-state index contributed by atoms with van der Waals surface area (Å²) in [6.45, 7) is 14.4. The van der Waals surface area contributed by atoms with Crippen molar-refractivity contribution >= 4 is 29.3 Å². The van der Waals surface area contributed by atoms with Gasteiger partial charge < -0.3 is 25.1 Å². The van der Waals surface area contributed by atoms with E-state index in [0.29, 0.717) is 23.8 Å². The van der Waals surface area contributed by atoms with Crippen molar-refractivity contribution in [1.82, 2.24) is 14.7 Å². The normalized spacial score (nSPS) is 13.5. The molecule has 0 aliphatic carbocycles. The van der Waals surface area contributed by atoms with Gasteiger partial charge in [-0.3, -0.25) is 0 Å². The van der Waals surface area contributed by atoms with E-state index in [9.17, 15) is 22.4 Å². The molecule has 49 heavy (non-hydrogen) atoms. The largest absolute Gasteiger partial charge is 0.490 e. The third-order valence-electron chi connectivity index (χ3n) is 8.23. The van der Waals surface area contributed by atoms with Gasteiger partial charge in [-0.25, -0.2) is 14.0 Å². The van der Waals surface area contributed by atoms with Gasteiger partial charge in [0.05, 0.1) is 0 Å². The molecule has 12 heteroatoms. The van der Waals surface area contributed by atoms with Crippen LogP contribution in [-0.4, -0.2) is 83.8 Å². The molecule has 0 aromatic heterocycles. The van der Waals surface area contributed by atoms with Gasteiger partial charge >= 0.3 is 18.2 Å². The number of carboxylic acids is 1. The summed E-state index contributed by atoms with van der Waals surface area (Å²) in [4.78, 5) is 28.6. The van der Waals surface area contributed by atoms with Crippen LogP contribution in [0.3, 0.4) is 0 Å². The van der Waals surface area contributed by atoms with Gasteiger partial charge in [0.2, 0.25) is 0 Å². The first-order valence-corrected chi connectivity index (χ1v) is 17.1. The molecule has 1 saturated heterocycles. The SMILES string of the molecule is CCN(CC)CC.O=C(Nc1ccc(Cl)cc1)N(CCCN1CCC(Cc2ccccc2)CC1)Cc1ccc(F)cc1.O=C(O)C(F)(F)F. The van der Waals surface area contributed by atoms with Crippen molar-refractivity contribution in [3.63, 3.8) is 0 Å². The maximum Gasteiger partial charge on any atom is 0.490 e. The zero-order valence-corrected chi connectivity index (χ0v) is 29.3. The Balaban J connectivity index is 0.000000500. The van der Waals surface area contributed by atoms with E-state index in [1.807, 2.05) is 0 Å². The highest BCUT2D eigenvalue weighted by molar-refractivity contribution is 6.30. The van der Waals surface area contributed by atoms with Gasteiger partial charge in [0.15, 0.2) is 0 Å². The van der Waals surface area contributed by atoms with Crippen LogP contribution in [0.2, 0.25) is 5.02 Å². The zero-order chi connectivity index (χ0) is 36.2. The van der Waals surface area contributed by atoms with Crippen LogP contribution in [0.15, 0.2) is 78.9 Å². The van der Waals surface area contributed by atoms with E-state index in [-0.39, 0.29) is 11.8 Å². The first-order valence-electron chi connectivity index (χ1n) is 16.7. The summed E-state index contributed by atoms with van der Waals surface area (Å²) in [5.74, 6) is -2.29. The molecule has 4 rings (SSSR count). The van der Waals surface area contributed by atoms with E-state index in [4.69, 9.17) is 21.5 Å². The van der Waals surface area contributed by atoms with Crippen LogP contribution in [0.4, 0.5) is 28.0 Å². The Labute approximate surface area is 292 Å². The number of aliphatic carboxylic acids is 1. The molecule has 7 nitrogen and oxygen atoms in total. The van der Waals surface area contributed by atoms with Gasteiger partial charge in [0.25, 0.3) is 0 Å². The molecule has 1 fully saturated rings. The smallest absolute Gasteiger partial charge is 0.475 e. The monoisotopic (exact) mass is 708 g/mol. The van der Waals surface area contributed by atoms with E-state index in [1.54, 1.807) is 41.3 Å². The number of nitrogens with zero attached hydrogens (tertiary/aromatic N) is 3. The molecule has 2 amide bonds. The molecular weight excluding hydrogens is 660 g/mol. The van der Waals surface area contributed by atoms with Crippen molar-refractivity contribution < 1.29 is 32.3 Å². The average Bonchev–Trinajstić information content (AvgIpc) is 3.08. The lowest BCUT2D eigenvalue weighted by molar-refractivity contribution is -0.192. The molecule has 0 saturated carbocycles. The van der Waals surface area contributed by atoms with Crippen LogP contribution in [0.25, 0.3) is 0 Å². The summed E-state index contributed by atoms with van der Waals surface area (Å²) in [5.41, 5.74) is 3.03. The number of halogens is 5. The Bertz CT molecular complexity index is 1350. The maximum atomic E-state index is 13.4. The van der Waals surface area contributed by atoms with Crippen LogP contribution in [0.1, 0.15) is 51.2 Å². The number of piperidine rings is 1. The number of carboxylic acid groups (broad SMARTS) is 1. The minimum atomic E-state index is -5.08. The Morgan fingerprint density at radius 2 is 1.43 bits per heavy atom. The van der Waals surface area contributed by atoms with Crippen LogP contribution in [0, 0.1) is 11.7 Å². The summed E-state index contributed by atoms with van der Waals surface area (Å²) < 4.78 is 45.1. The molecule has 0 spiro atoms. The minimum Gasteiger partial charge on any atom is -0.475 e. The number of urea groups is 1. The molecule has 1 aliphatic rings. The van der Waals surface area contributed by atoms with Crippen molar-refractivity contribution in [2.45, 2.75) is 59.2 Å². The number of likely N-dealkylation sites (tertiary alicyclic amines) is 1. The summed E-state index contributed by atoms with van der Waals surface area (Å²) in [6, 6.07) is 24.0. The second-order valence-corrected chi connectivity index (χ2v) is 12.2. The van der Waals surface area contributed by atoms with Gasteiger partial charge in [-0.05, 0) is 118 Å². The molecule has 3 aromatic rings. The molecule has 1 aliphatic heterocycles. The lowest BCUT2D eigenvalue weighted by Gasteiger charge is -2.32. The molecule has 0 unspecified atom stereocenters. The average molecular weight is 709 g/mol. The van der Waals surface area contributed by atoms with Crippen LogP contribution in [-0.2, 0) is 17.8 Å². The van der Waals surface area contributed by atoms with Gasteiger partial charge in [0, 0.05) is 23.8 Å². The number of nitrogens with one attached hydrogen (secondary N) is 1. The third kappa shape index (κ3) is 17.0. The Morgan fingerprint density at radius 3 is 1.92 bits per heavy atom. The number of alkyl halides is 3. The van der Waals surface area contributed by atoms with Crippen LogP contribution in [0.5, 0.6) is 0 Å². The summed E-state index contributed by atoms with van der Waals surface area (Å²) in [7, 11) is 0. The van der Waals surface area contributed by atoms with E-state index >= 15 is 0 Å². The van der Waals surface area contributed by atoms with Gasteiger partial charge in [-0.2, -0.15) is 13.2 Å². The standard InChI is InChI=1S/C29H33ClFN3O.C6H15N.C2HF3O2/c30-26-9-13-28(14-10-26)32-29(35)34(22-25-7-11-27(31)12-8-25)18-4-17-33-19-15-24(16-20-33)21-23-5-2-1-3-6-23;1-4-7(5-2)6-3;3-2(4,5)1(6)7/h1-3,5-14,24H,4,15-22H2,(H,32,35);4-6H2,1-3H3;(H,6,7). The highest BCUT2D eigenvalue weighted by Crippen LogP contribution is 2.22. The zero-order valence-electron chi connectivity index (χ0n) is 28.6. The molecule has 0 bridgehead atoms. The fourth-order valence-corrected chi connectivity index (χ4v) is 5.44. The fraction of sp³-hybridized carbons (Fsp3) is 0.459. The van der Waals surface area contributed by atoms with Crippen molar-refractivity contribution in [1.29, 1.82) is 0 Å². The quantitative estimate of drug-likeness (QED) is 0.184. The number of carbonyl (C=O) groups is 2. The topological polar surface area (TPSA) is 76.1 Å². The van der Waals surface area contributed by atoms with Crippen molar-refractivity contribution in [3.8, 4) is 0 Å². The number of rotatable bonds is 12. The molecule has 270 valence electrons. The summed E-state index contributed by atoms with van der Waals surface area (Å²) in [5, 5.41) is 10.7. The van der Waals surface area contributed by atoms with E-state index in [1.165, 1.54) is 50.2 Å². The van der Waals surface area contributed by atoms with Crippen molar-refractivity contribution in [2.75, 3.05) is 51.1 Å². The van der Waals surface area contributed by atoms with Crippen molar-refractivity contribution in [3.05, 3.63) is 101 Å². The number of amides is 2. The van der Waals surface area contributed by atoms with E-state index in [2.05, 4.69) is 66.2 Å². The maximum absolute atomic E-state index is 13.4. The summed E-state index contributed by atoms with van der Waals surface area (Å²) >= 11 is 5.96. The molecular formula is C37H49ClF4N4O3. The number of anilines is 1. The number of carbonyl (C=O) groups excluding carboxylic acids is 1.